The number of H-pyrrole nitrogens is 1. The standard InChI is InChI=1S/C61H66N6O6/c1-36(2)48(34-54(68)72-44-13-7-5-8-14-44)59(69)66-29-11-17-52(66)51-33-43(35-62-51)38-19-21-39(22-20-38)46-26-27-47(56-42-24-23-41(31-42)55(46)56)40-25-28-49-50(32-40)64-58(63-49)53-18-12-30-67(53)60(70)57(37(3)4)65-61(71)73-45-15-9-6-10-16-45/h5-10,13-16,19-22,25-28,32,35-37,41-42,48,51-53,57,62H,11-12,17-18,23-24,29-31,33-34H2,1-4H3,(H,63,64)(H,65,71)/t41?,42?,48-,51?,52-,53-,57-/m0/s1. The number of aromatic amines is 1. The van der Waals surface area contributed by atoms with E-state index in [1.165, 1.54) is 58.2 Å². The average Bonchev–Trinajstić information content (AvgIpc) is 4.28. The summed E-state index contributed by atoms with van der Waals surface area (Å²) in [5.41, 5.74) is 12.2. The Morgan fingerprint density at radius 3 is 2.00 bits per heavy atom. The predicted molar refractivity (Wildman–Crippen MR) is 283 cm³/mol. The third-order valence-electron chi connectivity index (χ3n) is 16.4. The van der Waals surface area contributed by atoms with Gasteiger partial charge in [0.25, 0.3) is 0 Å². The van der Waals surface area contributed by atoms with E-state index in [-0.39, 0.29) is 54.2 Å². The van der Waals surface area contributed by atoms with E-state index in [1.54, 1.807) is 36.4 Å². The van der Waals surface area contributed by atoms with Crippen molar-refractivity contribution in [3.63, 3.8) is 0 Å². The molecule has 3 unspecified atom stereocenters. The number of nitrogens with one attached hydrogen (secondary N) is 3. The van der Waals surface area contributed by atoms with Gasteiger partial charge in [-0.05, 0) is 156 Å². The molecule has 3 N–H and O–H groups in total. The zero-order valence-electron chi connectivity index (χ0n) is 42.3. The summed E-state index contributed by atoms with van der Waals surface area (Å²) in [6, 6.07) is 37.4. The molecule has 5 aromatic carbocycles. The minimum absolute atomic E-state index is 0.00138. The molecule has 2 aliphatic carbocycles. The number of imidazole rings is 1. The Hall–Kier alpha value is -7.21. The van der Waals surface area contributed by atoms with E-state index >= 15 is 0 Å². The van der Waals surface area contributed by atoms with Crippen molar-refractivity contribution in [1.29, 1.82) is 0 Å². The van der Waals surface area contributed by atoms with Crippen LogP contribution in [-0.2, 0) is 14.4 Å². The fourth-order valence-corrected chi connectivity index (χ4v) is 12.7. The van der Waals surface area contributed by atoms with Crippen LogP contribution in [0.25, 0.3) is 38.9 Å². The van der Waals surface area contributed by atoms with Crippen LogP contribution >= 0.6 is 0 Å². The van der Waals surface area contributed by atoms with Crippen LogP contribution in [0.2, 0.25) is 0 Å². The molecule has 12 heteroatoms. The first-order chi connectivity index (χ1) is 35.5. The van der Waals surface area contributed by atoms with Crippen molar-refractivity contribution in [3.8, 4) is 33.8 Å². The summed E-state index contributed by atoms with van der Waals surface area (Å²) in [5.74, 6) is 1.68. The van der Waals surface area contributed by atoms with Crippen molar-refractivity contribution in [2.75, 3.05) is 13.1 Å². The van der Waals surface area contributed by atoms with Crippen molar-refractivity contribution >= 4 is 40.5 Å². The Morgan fingerprint density at radius 1 is 0.685 bits per heavy atom. The van der Waals surface area contributed by atoms with Gasteiger partial charge in [0, 0.05) is 19.3 Å². The summed E-state index contributed by atoms with van der Waals surface area (Å²) in [6.45, 7) is 9.19. The summed E-state index contributed by atoms with van der Waals surface area (Å²) in [4.78, 5) is 66.8. The number of hydrogen-bond acceptors (Lipinski definition) is 8. The smallest absolute Gasteiger partial charge is 0.413 e. The van der Waals surface area contributed by atoms with Gasteiger partial charge in [-0.3, -0.25) is 14.4 Å². The van der Waals surface area contributed by atoms with Crippen molar-refractivity contribution in [2.24, 2.45) is 17.8 Å². The second-order valence-corrected chi connectivity index (χ2v) is 21.6. The van der Waals surface area contributed by atoms with E-state index in [1.807, 2.05) is 61.8 Å². The Balaban J connectivity index is 0.771. The van der Waals surface area contributed by atoms with E-state index in [2.05, 4.69) is 76.4 Å². The monoisotopic (exact) mass is 979 g/mol. The molecule has 2 bridgehead atoms. The molecule has 3 fully saturated rings. The molecule has 7 atom stereocenters. The Kier molecular flexibility index (Phi) is 13.4. The number of fused-ring (bicyclic) bond motifs is 6. The van der Waals surface area contributed by atoms with E-state index in [0.717, 1.165) is 54.5 Å². The molecular formula is C61H66N6O6. The second-order valence-electron chi connectivity index (χ2n) is 21.6. The third kappa shape index (κ3) is 9.64. The largest absolute Gasteiger partial charge is 0.427 e. The quantitative estimate of drug-likeness (QED) is 0.0722. The lowest BCUT2D eigenvalue weighted by molar-refractivity contribution is -0.145. The molecule has 1 aromatic heterocycles. The highest BCUT2D eigenvalue weighted by Gasteiger charge is 2.43. The number of amides is 3. The number of rotatable bonds is 14. The SMILES string of the molecule is CC(C)[C@H](CC(=O)Oc1ccccc1)C(=O)N1CCC[C@H]1C1CC(c2ccc(-c3ccc(-c4ccc5nc([C@@H]6CCCN6C(=O)[C@@H](NC(=O)Oc6ccccc6)C(C)C)[nH]c5c4)c4c3C3CCC4C3)cc2)=CN1. The number of likely N-dealkylation sites (tertiary alicyclic amines) is 2. The summed E-state index contributed by atoms with van der Waals surface area (Å²) in [5, 5.41) is 6.51. The number of nitrogens with zero attached hydrogens (tertiary/aromatic N) is 3. The first-order valence-electron chi connectivity index (χ1n) is 26.6. The Morgan fingerprint density at radius 2 is 1.32 bits per heavy atom. The second kappa shape index (κ2) is 20.4. The average molecular weight is 979 g/mol. The molecule has 3 amide bonds. The number of hydrogen-bond donors (Lipinski definition) is 3. The number of ether oxygens (including phenoxy) is 2. The lowest BCUT2D eigenvalue weighted by Crippen LogP contribution is -2.51. The first-order valence-corrected chi connectivity index (χ1v) is 26.6. The van der Waals surface area contributed by atoms with Gasteiger partial charge in [0.15, 0.2) is 0 Å². The van der Waals surface area contributed by atoms with Crippen molar-refractivity contribution in [2.45, 2.75) is 121 Å². The van der Waals surface area contributed by atoms with E-state index in [4.69, 9.17) is 14.5 Å². The molecule has 4 heterocycles. The maximum Gasteiger partial charge on any atom is 0.413 e. The van der Waals surface area contributed by atoms with Crippen LogP contribution in [0.3, 0.4) is 0 Å². The molecule has 376 valence electrons. The van der Waals surface area contributed by atoms with Crippen LogP contribution < -0.4 is 20.1 Å². The number of benzene rings is 5. The molecule has 2 saturated heterocycles. The van der Waals surface area contributed by atoms with Crippen LogP contribution in [0.5, 0.6) is 11.5 Å². The minimum atomic E-state index is -0.745. The molecule has 73 heavy (non-hydrogen) atoms. The predicted octanol–water partition coefficient (Wildman–Crippen LogP) is 11.7. The highest BCUT2D eigenvalue weighted by atomic mass is 16.6. The van der Waals surface area contributed by atoms with Gasteiger partial charge in [-0.25, -0.2) is 9.78 Å². The van der Waals surface area contributed by atoms with E-state index in [9.17, 15) is 19.2 Å². The number of carbonyl (C=O) groups excluding carboxylic acids is 4. The first kappa shape index (κ1) is 48.1. The van der Waals surface area contributed by atoms with Crippen LogP contribution in [0, 0.1) is 17.8 Å². The van der Waals surface area contributed by atoms with Gasteiger partial charge < -0.3 is 34.9 Å². The highest BCUT2D eigenvalue weighted by molar-refractivity contribution is 5.89. The summed E-state index contributed by atoms with van der Waals surface area (Å²) >= 11 is 0. The number of aromatic nitrogens is 2. The van der Waals surface area contributed by atoms with E-state index < -0.39 is 18.1 Å². The molecule has 5 aliphatic rings. The van der Waals surface area contributed by atoms with Crippen molar-refractivity contribution in [3.05, 3.63) is 144 Å². The van der Waals surface area contributed by atoms with Gasteiger partial charge in [0.05, 0.1) is 41.5 Å². The number of carbonyl (C=O) groups is 4. The molecular weight excluding hydrogens is 913 g/mol. The fraction of sp³-hybridized carbons (Fsp3) is 0.393. The van der Waals surface area contributed by atoms with Crippen LogP contribution in [0.15, 0.2) is 121 Å². The van der Waals surface area contributed by atoms with Crippen LogP contribution in [-0.4, -0.2) is 74.9 Å². The van der Waals surface area contributed by atoms with Crippen LogP contribution in [0.4, 0.5) is 4.79 Å². The van der Waals surface area contributed by atoms with Gasteiger partial charge in [-0.2, -0.15) is 0 Å². The number of para-hydroxylation sites is 2. The Bertz CT molecular complexity index is 3060. The van der Waals surface area contributed by atoms with Crippen molar-refractivity contribution < 1.29 is 28.7 Å². The topological polar surface area (TPSA) is 146 Å². The minimum Gasteiger partial charge on any atom is -0.427 e. The Labute approximate surface area is 427 Å². The lowest BCUT2D eigenvalue weighted by Gasteiger charge is -2.33. The lowest BCUT2D eigenvalue weighted by atomic mass is 9.81. The van der Waals surface area contributed by atoms with Crippen molar-refractivity contribution in [1.82, 2.24) is 30.4 Å². The van der Waals surface area contributed by atoms with Gasteiger partial charge in [0.1, 0.15) is 23.4 Å². The molecule has 0 radical (unpaired) electrons. The molecule has 1 saturated carbocycles. The van der Waals surface area contributed by atoms with Crippen LogP contribution in [0.1, 0.15) is 126 Å². The molecule has 6 aromatic rings. The fourth-order valence-electron chi connectivity index (χ4n) is 12.7. The normalized spacial score (nSPS) is 21.8. The molecule has 12 nitrogen and oxygen atoms in total. The highest BCUT2D eigenvalue weighted by Crippen LogP contribution is 2.58. The molecule has 3 aliphatic heterocycles. The molecule has 11 rings (SSSR count). The summed E-state index contributed by atoms with van der Waals surface area (Å²) < 4.78 is 11.1. The summed E-state index contributed by atoms with van der Waals surface area (Å²) in [7, 11) is 0. The van der Waals surface area contributed by atoms with Gasteiger partial charge in [0.2, 0.25) is 11.8 Å². The zero-order chi connectivity index (χ0) is 50.3. The van der Waals surface area contributed by atoms with Gasteiger partial charge >= 0.3 is 12.1 Å². The van der Waals surface area contributed by atoms with E-state index in [0.29, 0.717) is 36.4 Å². The number of esters is 1. The maximum absolute atomic E-state index is 14.2. The van der Waals surface area contributed by atoms with Gasteiger partial charge in [-0.15, -0.1) is 0 Å². The zero-order valence-corrected chi connectivity index (χ0v) is 42.3. The molecule has 0 spiro atoms. The van der Waals surface area contributed by atoms with Gasteiger partial charge in [-0.1, -0.05) is 107 Å². The maximum atomic E-state index is 14.2. The third-order valence-corrected chi connectivity index (χ3v) is 16.4. The summed E-state index contributed by atoms with van der Waals surface area (Å²) in [6.07, 6.45) is 9.48.